The fraction of sp³-hybridized carbons (Fsp3) is 0.0625. The van der Waals surface area contributed by atoms with Crippen LogP contribution in [0.5, 0.6) is 0 Å². The van der Waals surface area contributed by atoms with Crippen LogP contribution in [0.25, 0.3) is 0 Å². The Morgan fingerprint density at radius 2 is 1.68 bits per heavy atom. The first-order chi connectivity index (χ1) is 9.15. The standard InChI is InChI=1S/C16H14FNO/c1-12-2-4-13(5-3-12)16(19)10-11-18-15-8-6-14(17)7-9-15/h2-11,18H,1H3/b11-10+. The molecule has 0 atom stereocenters. The van der Waals surface area contributed by atoms with E-state index in [1.165, 1.54) is 18.2 Å². The topological polar surface area (TPSA) is 29.1 Å². The number of ketones is 1. The molecule has 0 aliphatic carbocycles. The molecule has 0 aliphatic heterocycles. The summed E-state index contributed by atoms with van der Waals surface area (Å²) in [4.78, 5) is 11.8. The van der Waals surface area contributed by atoms with Gasteiger partial charge >= 0.3 is 0 Å². The Hall–Kier alpha value is -2.42. The summed E-state index contributed by atoms with van der Waals surface area (Å²) < 4.78 is 12.7. The van der Waals surface area contributed by atoms with Gasteiger partial charge in [0.25, 0.3) is 0 Å². The lowest BCUT2D eigenvalue weighted by Crippen LogP contribution is -1.96. The summed E-state index contributed by atoms with van der Waals surface area (Å²) in [6.07, 6.45) is 3.00. The molecule has 19 heavy (non-hydrogen) atoms. The Kier molecular flexibility index (Phi) is 4.08. The van der Waals surface area contributed by atoms with E-state index in [1.807, 2.05) is 19.1 Å². The first kappa shape index (κ1) is 13.0. The van der Waals surface area contributed by atoms with Gasteiger partial charge in [0.2, 0.25) is 0 Å². The lowest BCUT2D eigenvalue weighted by atomic mass is 10.1. The molecular formula is C16H14FNO. The van der Waals surface area contributed by atoms with Crippen LogP contribution in [0.1, 0.15) is 15.9 Å². The van der Waals surface area contributed by atoms with E-state index >= 15 is 0 Å². The second-order valence-electron chi connectivity index (χ2n) is 4.21. The van der Waals surface area contributed by atoms with Crippen molar-refractivity contribution in [2.75, 3.05) is 5.32 Å². The van der Waals surface area contributed by atoms with E-state index < -0.39 is 0 Å². The molecule has 0 fully saturated rings. The van der Waals surface area contributed by atoms with E-state index in [1.54, 1.807) is 30.5 Å². The van der Waals surface area contributed by atoms with Crippen molar-refractivity contribution < 1.29 is 9.18 Å². The minimum atomic E-state index is -0.287. The molecule has 0 spiro atoms. The molecule has 0 aromatic heterocycles. The van der Waals surface area contributed by atoms with Gasteiger partial charge in [0.05, 0.1) is 0 Å². The Labute approximate surface area is 111 Å². The number of benzene rings is 2. The highest BCUT2D eigenvalue weighted by Crippen LogP contribution is 2.08. The van der Waals surface area contributed by atoms with E-state index in [-0.39, 0.29) is 11.6 Å². The molecule has 2 aromatic rings. The van der Waals surface area contributed by atoms with Crippen molar-refractivity contribution in [1.82, 2.24) is 0 Å². The molecule has 0 amide bonds. The van der Waals surface area contributed by atoms with E-state index in [0.717, 1.165) is 11.3 Å². The molecule has 0 aliphatic rings. The van der Waals surface area contributed by atoms with Crippen molar-refractivity contribution in [3.05, 3.63) is 77.8 Å². The molecule has 2 nitrogen and oxygen atoms in total. The largest absolute Gasteiger partial charge is 0.362 e. The molecule has 0 unspecified atom stereocenters. The smallest absolute Gasteiger partial charge is 0.187 e. The molecule has 96 valence electrons. The Morgan fingerprint density at radius 3 is 2.32 bits per heavy atom. The summed E-state index contributed by atoms with van der Waals surface area (Å²) in [7, 11) is 0. The van der Waals surface area contributed by atoms with Crippen LogP contribution in [-0.4, -0.2) is 5.78 Å². The molecule has 0 heterocycles. The fourth-order valence-electron chi connectivity index (χ4n) is 1.57. The molecule has 0 saturated heterocycles. The van der Waals surface area contributed by atoms with Crippen LogP contribution in [-0.2, 0) is 0 Å². The lowest BCUT2D eigenvalue weighted by Gasteiger charge is -2.00. The highest BCUT2D eigenvalue weighted by Gasteiger charge is 2.00. The monoisotopic (exact) mass is 255 g/mol. The van der Waals surface area contributed by atoms with Crippen molar-refractivity contribution in [2.45, 2.75) is 6.92 Å². The van der Waals surface area contributed by atoms with Gasteiger partial charge < -0.3 is 5.32 Å². The van der Waals surface area contributed by atoms with Gasteiger partial charge in [-0.25, -0.2) is 4.39 Å². The van der Waals surface area contributed by atoms with Gasteiger partial charge in [-0.05, 0) is 31.2 Å². The summed E-state index contributed by atoms with van der Waals surface area (Å²) in [5, 5.41) is 2.92. The third kappa shape index (κ3) is 3.78. The van der Waals surface area contributed by atoms with Crippen molar-refractivity contribution >= 4 is 11.5 Å². The number of nitrogens with one attached hydrogen (secondary N) is 1. The normalized spacial score (nSPS) is 10.6. The zero-order chi connectivity index (χ0) is 13.7. The first-order valence-electron chi connectivity index (χ1n) is 5.95. The zero-order valence-electron chi connectivity index (χ0n) is 10.6. The van der Waals surface area contributed by atoms with Gasteiger partial charge in [0.15, 0.2) is 5.78 Å². The highest BCUT2D eigenvalue weighted by molar-refractivity contribution is 6.04. The summed E-state index contributed by atoms with van der Waals surface area (Å²) >= 11 is 0. The Bertz CT molecular complexity index is 585. The zero-order valence-corrected chi connectivity index (χ0v) is 10.6. The molecule has 3 heteroatoms. The second-order valence-corrected chi connectivity index (χ2v) is 4.21. The maximum absolute atomic E-state index is 12.7. The van der Waals surface area contributed by atoms with Gasteiger partial charge in [-0.15, -0.1) is 0 Å². The quantitative estimate of drug-likeness (QED) is 0.662. The number of anilines is 1. The SMILES string of the molecule is Cc1ccc(C(=O)/C=C/Nc2ccc(F)cc2)cc1. The molecule has 0 radical (unpaired) electrons. The molecule has 2 aromatic carbocycles. The van der Waals surface area contributed by atoms with E-state index in [0.29, 0.717) is 5.56 Å². The minimum Gasteiger partial charge on any atom is -0.362 e. The highest BCUT2D eigenvalue weighted by atomic mass is 19.1. The van der Waals surface area contributed by atoms with Gasteiger partial charge in [-0.2, -0.15) is 0 Å². The summed E-state index contributed by atoms with van der Waals surface area (Å²) in [5.41, 5.74) is 2.49. The Balaban J connectivity index is 1.97. The van der Waals surface area contributed by atoms with E-state index in [2.05, 4.69) is 5.32 Å². The fourth-order valence-corrected chi connectivity index (χ4v) is 1.57. The van der Waals surface area contributed by atoms with Gasteiger partial charge in [-0.3, -0.25) is 4.79 Å². The lowest BCUT2D eigenvalue weighted by molar-refractivity contribution is 0.104. The van der Waals surface area contributed by atoms with E-state index in [4.69, 9.17) is 0 Å². The van der Waals surface area contributed by atoms with Crippen LogP contribution < -0.4 is 5.32 Å². The van der Waals surface area contributed by atoms with Crippen molar-refractivity contribution in [2.24, 2.45) is 0 Å². The van der Waals surface area contributed by atoms with Crippen LogP contribution in [0, 0.1) is 12.7 Å². The molecule has 0 saturated carbocycles. The number of hydrogen-bond acceptors (Lipinski definition) is 2. The first-order valence-corrected chi connectivity index (χ1v) is 5.95. The predicted octanol–water partition coefficient (Wildman–Crippen LogP) is 3.94. The average Bonchev–Trinajstić information content (AvgIpc) is 2.41. The van der Waals surface area contributed by atoms with Crippen molar-refractivity contribution in [3.63, 3.8) is 0 Å². The van der Waals surface area contributed by atoms with Crippen LogP contribution in [0.4, 0.5) is 10.1 Å². The summed E-state index contributed by atoms with van der Waals surface area (Å²) in [6, 6.07) is 13.3. The number of hydrogen-bond donors (Lipinski definition) is 1. The van der Waals surface area contributed by atoms with Crippen LogP contribution >= 0.6 is 0 Å². The van der Waals surface area contributed by atoms with Crippen molar-refractivity contribution in [1.29, 1.82) is 0 Å². The van der Waals surface area contributed by atoms with Gasteiger partial charge in [0, 0.05) is 23.5 Å². The molecule has 1 N–H and O–H groups in total. The number of carbonyl (C=O) groups is 1. The average molecular weight is 255 g/mol. The number of halogens is 1. The minimum absolute atomic E-state index is 0.0744. The molecule has 2 rings (SSSR count). The van der Waals surface area contributed by atoms with Gasteiger partial charge in [-0.1, -0.05) is 29.8 Å². The van der Waals surface area contributed by atoms with Gasteiger partial charge in [0.1, 0.15) is 5.82 Å². The number of rotatable bonds is 4. The predicted molar refractivity (Wildman–Crippen MR) is 74.7 cm³/mol. The third-order valence-electron chi connectivity index (χ3n) is 2.67. The van der Waals surface area contributed by atoms with E-state index in [9.17, 15) is 9.18 Å². The number of allylic oxidation sites excluding steroid dienone is 1. The number of aryl methyl sites for hydroxylation is 1. The second kappa shape index (κ2) is 5.96. The van der Waals surface area contributed by atoms with Crippen LogP contribution in [0.3, 0.4) is 0 Å². The molecule has 0 bridgehead atoms. The third-order valence-corrected chi connectivity index (χ3v) is 2.67. The van der Waals surface area contributed by atoms with Crippen LogP contribution in [0.15, 0.2) is 60.8 Å². The Morgan fingerprint density at radius 1 is 1.05 bits per heavy atom. The summed E-state index contributed by atoms with van der Waals surface area (Å²) in [5.74, 6) is -0.361. The summed E-state index contributed by atoms with van der Waals surface area (Å²) in [6.45, 7) is 1.97. The maximum atomic E-state index is 12.7. The number of carbonyl (C=O) groups excluding carboxylic acids is 1. The van der Waals surface area contributed by atoms with Crippen molar-refractivity contribution in [3.8, 4) is 0 Å². The van der Waals surface area contributed by atoms with Crippen LogP contribution in [0.2, 0.25) is 0 Å². The maximum Gasteiger partial charge on any atom is 0.187 e. The molecular weight excluding hydrogens is 241 g/mol.